The molecule has 1 unspecified atom stereocenters. The van der Waals surface area contributed by atoms with E-state index in [9.17, 15) is 0 Å². The Morgan fingerprint density at radius 1 is 1.23 bits per heavy atom. The van der Waals surface area contributed by atoms with Crippen molar-refractivity contribution in [3.05, 3.63) is 35.4 Å². The molecule has 0 aromatic heterocycles. The minimum absolute atomic E-state index is 0.619. The van der Waals surface area contributed by atoms with Crippen LogP contribution in [0.4, 0.5) is 0 Å². The zero-order valence-electron chi connectivity index (χ0n) is 8.01. The zero-order valence-corrected chi connectivity index (χ0v) is 8.01. The van der Waals surface area contributed by atoms with Crippen molar-refractivity contribution in [1.82, 2.24) is 0 Å². The summed E-state index contributed by atoms with van der Waals surface area (Å²) in [6.45, 7) is 2.11. The zero-order chi connectivity index (χ0) is 9.26. The summed E-state index contributed by atoms with van der Waals surface area (Å²) in [5.74, 6) is 0.619. The van der Waals surface area contributed by atoms with E-state index in [1.807, 2.05) is 0 Å². The molecular weight excluding hydrogens is 158 g/mol. The molecule has 0 radical (unpaired) electrons. The largest absolute Gasteiger partial charge is 0.310 e. The van der Waals surface area contributed by atoms with Crippen molar-refractivity contribution in [2.75, 3.05) is 0 Å². The van der Waals surface area contributed by atoms with Gasteiger partial charge in [-0.1, -0.05) is 29.8 Å². The Hall–Kier alpha value is -1.11. The molecule has 1 nitrogen and oxygen atoms in total. The minimum atomic E-state index is 0.619. The molecule has 1 aromatic carbocycles. The second kappa shape index (κ2) is 3.33. The van der Waals surface area contributed by atoms with Crippen molar-refractivity contribution in [1.29, 1.82) is 5.41 Å². The van der Waals surface area contributed by atoms with E-state index >= 15 is 0 Å². The lowest BCUT2D eigenvalue weighted by atomic mass is 9.97. The maximum absolute atomic E-state index is 7.57. The standard InChI is InChI=1S/C12H15N/c1-9-2-4-10(5-3-9)11-6-7-12(13)8-11/h2-5,11,13H,6-8H2,1H3. The molecule has 1 aliphatic rings. The summed E-state index contributed by atoms with van der Waals surface area (Å²) >= 11 is 0. The SMILES string of the molecule is Cc1ccc(C2CCC(=N)C2)cc1. The predicted molar refractivity (Wildman–Crippen MR) is 55.5 cm³/mol. The highest BCUT2D eigenvalue weighted by atomic mass is 14.4. The van der Waals surface area contributed by atoms with Gasteiger partial charge in [0.25, 0.3) is 0 Å². The molecule has 0 amide bonds. The monoisotopic (exact) mass is 173 g/mol. The Kier molecular flexibility index (Phi) is 2.17. The number of nitrogens with one attached hydrogen (secondary N) is 1. The van der Waals surface area contributed by atoms with Crippen molar-refractivity contribution in [2.24, 2.45) is 0 Å². The van der Waals surface area contributed by atoms with Gasteiger partial charge in [-0.3, -0.25) is 0 Å². The van der Waals surface area contributed by atoms with E-state index in [0.717, 1.165) is 18.6 Å². The van der Waals surface area contributed by atoms with Crippen molar-refractivity contribution in [2.45, 2.75) is 32.1 Å². The van der Waals surface area contributed by atoms with Crippen LogP contribution in [0.15, 0.2) is 24.3 Å². The highest BCUT2D eigenvalue weighted by molar-refractivity contribution is 5.84. The van der Waals surface area contributed by atoms with E-state index in [4.69, 9.17) is 5.41 Å². The molecule has 2 rings (SSSR count). The molecule has 1 fully saturated rings. The molecule has 0 spiro atoms. The average Bonchev–Trinajstić information content (AvgIpc) is 2.53. The van der Waals surface area contributed by atoms with Gasteiger partial charge < -0.3 is 5.41 Å². The maximum atomic E-state index is 7.57. The van der Waals surface area contributed by atoms with Crippen LogP contribution in [-0.2, 0) is 0 Å². The van der Waals surface area contributed by atoms with Crippen LogP contribution < -0.4 is 0 Å². The summed E-state index contributed by atoms with van der Waals surface area (Å²) in [7, 11) is 0. The van der Waals surface area contributed by atoms with Crippen molar-refractivity contribution in [3.63, 3.8) is 0 Å². The molecule has 68 valence electrons. The van der Waals surface area contributed by atoms with Gasteiger partial charge in [-0.25, -0.2) is 0 Å². The van der Waals surface area contributed by atoms with E-state index in [2.05, 4.69) is 31.2 Å². The molecular formula is C12H15N. The first-order valence-corrected chi connectivity index (χ1v) is 4.88. The molecule has 0 heterocycles. The highest BCUT2D eigenvalue weighted by Gasteiger charge is 2.20. The average molecular weight is 173 g/mol. The van der Waals surface area contributed by atoms with Gasteiger partial charge in [-0.15, -0.1) is 0 Å². The van der Waals surface area contributed by atoms with E-state index in [1.54, 1.807) is 0 Å². The summed E-state index contributed by atoms with van der Waals surface area (Å²) in [5, 5.41) is 7.57. The third-order valence-electron chi connectivity index (χ3n) is 2.84. The first-order chi connectivity index (χ1) is 6.25. The van der Waals surface area contributed by atoms with Crippen LogP contribution in [0.5, 0.6) is 0 Å². The molecule has 0 saturated heterocycles. The van der Waals surface area contributed by atoms with Crippen LogP contribution in [0.3, 0.4) is 0 Å². The van der Waals surface area contributed by atoms with Gasteiger partial charge in [-0.2, -0.15) is 0 Å². The Balaban J connectivity index is 2.17. The fourth-order valence-corrected chi connectivity index (χ4v) is 1.97. The first kappa shape index (κ1) is 8.49. The minimum Gasteiger partial charge on any atom is -0.310 e. The molecule has 1 aliphatic carbocycles. The fraction of sp³-hybridized carbons (Fsp3) is 0.417. The van der Waals surface area contributed by atoms with Gasteiger partial charge in [0.2, 0.25) is 0 Å². The molecule has 1 heteroatoms. The van der Waals surface area contributed by atoms with Crippen molar-refractivity contribution < 1.29 is 0 Å². The summed E-state index contributed by atoms with van der Waals surface area (Å²) in [6.07, 6.45) is 3.14. The van der Waals surface area contributed by atoms with Gasteiger partial charge in [0, 0.05) is 5.71 Å². The van der Waals surface area contributed by atoms with Crippen LogP contribution in [0.1, 0.15) is 36.3 Å². The summed E-state index contributed by atoms with van der Waals surface area (Å²) < 4.78 is 0. The summed E-state index contributed by atoms with van der Waals surface area (Å²) in [6, 6.07) is 8.74. The number of aryl methyl sites for hydroxylation is 1. The second-order valence-electron chi connectivity index (χ2n) is 3.95. The molecule has 0 bridgehead atoms. The van der Waals surface area contributed by atoms with Crippen LogP contribution in [0, 0.1) is 12.3 Å². The van der Waals surface area contributed by atoms with Crippen LogP contribution in [0.2, 0.25) is 0 Å². The third-order valence-corrected chi connectivity index (χ3v) is 2.84. The van der Waals surface area contributed by atoms with Gasteiger partial charge in [0.1, 0.15) is 0 Å². The second-order valence-corrected chi connectivity index (χ2v) is 3.95. The van der Waals surface area contributed by atoms with Gasteiger partial charge in [-0.05, 0) is 37.7 Å². The number of rotatable bonds is 1. The normalized spacial score (nSPS) is 22.2. The fourth-order valence-electron chi connectivity index (χ4n) is 1.97. The van der Waals surface area contributed by atoms with E-state index < -0.39 is 0 Å². The van der Waals surface area contributed by atoms with Crippen molar-refractivity contribution >= 4 is 5.71 Å². The molecule has 0 aliphatic heterocycles. The van der Waals surface area contributed by atoms with Gasteiger partial charge in [0.05, 0.1) is 0 Å². The highest BCUT2D eigenvalue weighted by Crippen LogP contribution is 2.31. The van der Waals surface area contributed by atoms with Crippen LogP contribution >= 0.6 is 0 Å². The lowest BCUT2D eigenvalue weighted by Crippen LogP contribution is -1.93. The number of benzene rings is 1. The Labute approximate surface area is 79.3 Å². The van der Waals surface area contributed by atoms with Gasteiger partial charge >= 0.3 is 0 Å². The maximum Gasteiger partial charge on any atom is 0.00954 e. The number of hydrogen-bond acceptors (Lipinski definition) is 1. The molecule has 13 heavy (non-hydrogen) atoms. The lowest BCUT2D eigenvalue weighted by Gasteiger charge is -2.08. The molecule has 1 aromatic rings. The van der Waals surface area contributed by atoms with E-state index in [0.29, 0.717) is 5.92 Å². The van der Waals surface area contributed by atoms with Crippen LogP contribution in [0.25, 0.3) is 0 Å². The molecule has 1 atom stereocenters. The first-order valence-electron chi connectivity index (χ1n) is 4.88. The predicted octanol–water partition coefficient (Wildman–Crippen LogP) is 3.28. The smallest absolute Gasteiger partial charge is 0.00954 e. The van der Waals surface area contributed by atoms with Crippen molar-refractivity contribution in [3.8, 4) is 0 Å². The molecule has 1 N–H and O–H groups in total. The van der Waals surface area contributed by atoms with E-state index in [1.165, 1.54) is 17.5 Å². The Bertz CT molecular complexity index is 310. The summed E-state index contributed by atoms with van der Waals surface area (Å²) in [5.41, 5.74) is 3.65. The quantitative estimate of drug-likeness (QED) is 0.674. The Morgan fingerprint density at radius 3 is 2.46 bits per heavy atom. The number of hydrogen-bond donors (Lipinski definition) is 1. The molecule has 1 saturated carbocycles. The van der Waals surface area contributed by atoms with Crippen LogP contribution in [-0.4, -0.2) is 5.71 Å². The summed E-state index contributed by atoms with van der Waals surface area (Å²) in [4.78, 5) is 0. The third kappa shape index (κ3) is 1.80. The topological polar surface area (TPSA) is 23.9 Å². The Morgan fingerprint density at radius 2 is 1.92 bits per heavy atom. The van der Waals surface area contributed by atoms with Gasteiger partial charge in [0.15, 0.2) is 0 Å². The lowest BCUT2D eigenvalue weighted by molar-refractivity contribution is 0.732. The van der Waals surface area contributed by atoms with E-state index in [-0.39, 0.29) is 0 Å².